The molecule has 144 valence electrons. The normalized spacial score (nSPS) is 15.0. The van der Waals surface area contributed by atoms with Crippen molar-refractivity contribution in [2.75, 3.05) is 6.61 Å². The monoisotopic (exact) mass is 380 g/mol. The number of ether oxygens (including phenoxy) is 3. The number of benzene rings is 1. The van der Waals surface area contributed by atoms with Crippen molar-refractivity contribution < 1.29 is 23.5 Å². The molecular formula is C21H20N2O5. The summed E-state index contributed by atoms with van der Waals surface area (Å²) < 4.78 is 21.9. The minimum atomic E-state index is -0.527. The van der Waals surface area contributed by atoms with Crippen LogP contribution >= 0.6 is 0 Å². The van der Waals surface area contributed by atoms with Gasteiger partial charge in [-0.3, -0.25) is 0 Å². The lowest BCUT2D eigenvalue weighted by Gasteiger charge is -2.07. The number of carbonyl (C=O) groups excluding carboxylic acids is 1. The Kier molecular flexibility index (Phi) is 4.97. The number of hydrogen-bond acceptors (Lipinski definition) is 7. The first-order valence-corrected chi connectivity index (χ1v) is 9.14. The van der Waals surface area contributed by atoms with E-state index < -0.39 is 5.97 Å². The van der Waals surface area contributed by atoms with Crippen LogP contribution in [0.25, 0.3) is 11.3 Å². The highest BCUT2D eigenvalue weighted by molar-refractivity contribution is 5.91. The highest BCUT2D eigenvalue weighted by Gasteiger charge is 2.20. The minimum absolute atomic E-state index is 0.0126. The average molecular weight is 380 g/mol. The summed E-state index contributed by atoms with van der Waals surface area (Å²) in [7, 11) is 0. The van der Waals surface area contributed by atoms with Crippen LogP contribution < -0.4 is 9.47 Å². The molecule has 7 heteroatoms. The molecule has 7 nitrogen and oxygen atoms in total. The molecule has 1 unspecified atom stereocenters. The maximum atomic E-state index is 12.3. The van der Waals surface area contributed by atoms with Gasteiger partial charge in [-0.1, -0.05) is 17.3 Å². The standard InChI is InChI=1S/C21H20N2O5/c1-3-25-20-17(5-4-8-22-20)21(24)26-12-16-11-19(28-23-16)15-7-6-14-9-13(2)27-18(14)10-15/h4-8,10-11,13H,3,9,12H2,1-2H3. The molecule has 28 heavy (non-hydrogen) atoms. The Labute approximate surface area is 162 Å². The Morgan fingerprint density at radius 2 is 2.18 bits per heavy atom. The maximum absolute atomic E-state index is 12.3. The topological polar surface area (TPSA) is 83.7 Å². The summed E-state index contributed by atoms with van der Waals surface area (Å²) in [5.41, 5.74) is 2.84. The Morgan fingerprint density at radius 1 is 1.29 bits per heavy atom. The van der Waals surface area contributed by atoms with Gasteiger partial charge in [0.2, 0.25) is 5.88 Å². The first-order chi connectivity index (χ1) is 13.6. The fourth-order valence-electron chi connectivity index (χ4n) is 3.09. The van der Waals surface area contributed by atoms with Crippen LogP contribution in [0, 0.1) is 0 Å². The molecule has 1 aromatic carbocycles. The smallest absolute Gasteiger partial charge is 0.344 e. The minimum Gasteiger partial charge on any atom is -0.490 e. The van der Waals surface area contributed by atoms with E-state index in [4.69, 9.17) is 18.7 Å². The van der Waals surface area contributed by atoms with E-state index in [-0.39, 0.29) is 24.2 Å². The van der Waals surface area contributed by atoms with Crippen molar-refractivity contribution in [1.29, 1.82) is 0 Å². The Morgan fingerprint density at radius 3 is 3.04 bits per heavy atom. The number of hydrogen-bond donors (Lipinski definition) is 0. The van der Waals surface area contributed by atoms with Crippen LogP contribution in [-0.2, 0) is 17.8 Å². The van der Waals surface area contributed by atoms with E-state index in [1.807, 2.05) is 32.0 Å². The molecule has 0 radical (unpaired) electrons. The SMILES string of the molecule is CCOc1ncccc1C(=O)OCc1cc(-c2ccc3c(c2)OC(C)C3)on1. The third kappa shape index (κ3) is 3.69. The largest absolute Gasteiger partial charge is 0.490 e. The molecule has 0 bridgehead atoms. The number of aromatic nitrogens is 2. The van der Waals surface area contributed by atoms with E-state index in [9.17, 15) is 4.79 Å². The maximum Gasteiger partial charge on any atom is 0.344 e. The molecule has 0 saturated carbocycles. The highest BCUT2D eigenvalue weighted by Crippen LogP contribution is 2.33. The lowest BCUT2D eigenvalue weighted by atomic mass is 10.1. The van der Waals surface area contributed by atoms with E-state index in [1.54, 1.807) is 24.4 Å². The van der Waals surface area contributed by atoms with E-state index in [0.717, 1.165) is 17.7 Å². The molecule has 0 spiro atoms. The Balaban J connectivity index is 1.43. The number of rotatable bonds is 6. The number of carbonyl (C=O) groups is 1. The summed E-state index contributed by atoms with van der Waals surface area (Å²) in [5, 5.41) is 3.99. The quantitative estimate of drug-likeness (QED) is 0.601. The van der Waals surface area contributed by atoms with Gasteiger partial charge in [-0.15, -0.1) is 0 Å². The lowest BCUT2D eigenvalue weighted by molar-refractivity contribution is 0.0459. The van der Waals surface area contributed by atoms with Gasteiger partial charge >= 0.3 is 5.97 Å². The fraction of sp³-hybridized carbons (Fsp3) is 0.286. The van der Waals surface area contributed by atoms with Crippen molar-refractivity contribution in [3.63, 3.8) is 0 Å². The summed E-state index contributed by atoms with van der Waals surface area (Å²) in [4.78, 5) is 16.4. The number of pyridine rings is 1. The average Bonchev–Trinajstić information content (AvgIpc) is 3.31. The van der Waals surface area contributed by atoms with Crippen molar-refractivity contribution in [2.24, 2.45) is 0 Å². The van der Waals surface area contributed by atoms with E-state index >= 15 is 0 Å². The molecule has 1 aliphatic rings. The zero-order chi connectivity index (χ0) is 19.5. The van der Waals surface area contributed by atoms with Crippen LogP contribution in [0.3, 0.4) is 0 Å². The third-order valence-corrected chi connectivity index (χ3v) is 4.37. The summed E-state index contributed by atoms with van der Waals surface area (Å²) in [6.45, 7) is 4.26. The van der Waals surface area contributed by atoms with Crippen molar-refractivity contribution in [1.82, 2.24) is 10.1 Å². The van der Waals surface area contributed by atoms with Gasteiger partial charge in [-0.2, -0.15) is 0 Å². The van der Waals surface area contributed by atoms with Gasteiger partial charge in [0.05, 0.1) is 6.61 Å². The molecule has 1 atom stereocenters. The predicted molar refractivity (Wildman–Crippen MR) is 100 cm³/mol. The van der Waals surface area contributed by atoms with Gasteiger partial charge in [0, 0.05) is 24.2 Å². The summed E-state index contributed by atoms with van der Waals surface area (Å²) in [6.07, 6.45) is 2.65. The van der Waals surface area contributed by atoms with E-state index in [1.165, 1.54) is 5.56 Å². The fourth-order valence-corrected chi connectivity index (χ4v) is 3.09. The van der Waals surface area contributed by atoms with Crippen LogP contribution in [0.1, 0.15) is 35.5 Å². The third-order valence-electron chi connectivity index (χ3n) is 4.37. The van der Waals surface area contributed by atoms with Crippen molar-refractivity contribution in [2.45, 2.75) is 33.0 Å². The first-order valence-electron chi connectivity index (χ1n) is 9.14. The molecule has 0 saturated heterocycles. The van der Waals surface area contributed by atoms with Crippen LogP contribution in [-0.4, -0.2) is 28.8 Å². The van der Waals surface area contributed by atoms with E-state index in [2.05, 4.69) is 10.1 Å². The molecule has 3 aromatic rings. The first kappa shape index (κ1) is 18.0. The zero-order valence-electron chi connectivity index (χ0n) is 15.7. The van der Waals surface area contributed by atoms with Crippen molar-refractivity contribution in [3.05, 3.63) is 59.4 Å². The highest BCUT2D eigenvalue weighted by atomic mass is 16.5. The van der Waals surface area contributed by atoms with Crippen LogP contribution in [0.5, 0.6) is 11.6 Å². The predicted octanol–water partition coefficient (Wildman–Crippen LogP) is 3.82. The molecule has 2 aromatic heterocycles. The molecule has 0 N–H and O–H groups in total. The zero-order valence-corrected chi connectivity index (χ0v) is 15.7. The van der Waals surface area contributed by atoms with Gasteiger partial charge in [0.15, 0.2) is 5.76 Å². The summed E-state index contributed by atoms with van der Waals surface area (Å²) in [6, 6.07) is 11.0. The molecule has 3 heterocycles. The van der Waals surface area contributed by atoms with Crippen LogP contribution in [0.2, 0.25) is 0 Å². The molecule has 1 aliphatic heterocycles. The molecule has 0 aliphatic carbocycles. The molecular weight excluding hydrogens is 360 g/mol. The van der Waals surface area contributed by atoms with E-state index in [0.29, 0.717) is 18.1 Å². The van der Waals surface area contributed by atoms with Crippen LogP contribution in [0.15, 0.2) is 47.1 Å². The number of fused-ring (bicyclic) bond motifs is 1. The van der Waals surface area contributed by atoms with Crippen LogP contribution in [0.4, 0.5) is 0 Å². The lowest BCUT2D eigenvalue weighted by Crippen LogP contribution is -2.09. The van der Waals surface area contributed by atoms with Gasteiger partial charge < -0.3 is 18.7 Å². The van der Waals surface area contributed by atoms with Gasteiger partial charge in [0.1, 0.15) is 29.7 Å². The molecule has 4 rings (SSSR count). The second-order valence-electron chi connectivity index (χ2n) is 6.50. The van der Waals surface area contributed by atoms with Gasteiger partial charge in [-0.25, -0.2) is 9.78 Å². The summed E-state index contributed by atoms with van der Waals surface area (Å²) in [5.74, 6) is 1.19. The summed E-state index contributed by atoms with van der Waals surface area (Å²) >= 11 is 0. The molecule has 0 fully saturated rings. The van der Waals surface area contributed by atoms with Gasteiger partial charge in [0.25, 0.3) is 0 Å². The Bertz CT molecular complexity index is 998. The number of esters is 1. The second-order valence-corrected chi connectivity index (χ2v) is 6.50. The Hall–Kier alpha value is -3.35. The van der Waals surface area contributed by atoms with Crippen molar-refractivity contribution in [3.8, 4) is 23.0 Å². The second kappa shape index (κ2) is 7.72. The van der Waals surface area contributed by atoms with Gasteiger partial charge in [-0.05, 0) is 37.6 Å². The number of nitrogens with zero attached hydrogens (tertiary/aromatic N) is 2. The van der Waals surface area contributed by atoms with Crippen molar-refractivity contribution >= 4 is 5.97 Å². The molecule has 0 amide bonds.